The molecule has 0 saturated carbocycles. The number of thiazole rings is 1. The Kier molecular flexibility index (Phi) is 6.92. The number of carbonyl (C=O) groups excluding carboxylic acids is 2. The number of fused-ring (bicyclic) bond motifs is 1. The first-order chi connectivity index (χ1) is 16.1. The third kappa shape index (κ3) is 4.93. The summed E-state index contributed by atoms with van der Waals surface area (Å²) in [5.74, 6) is -0.171. The van der Waals surface area contributed by atoms with Gasteiger partial charge in [-0.2, -0.15) is 0 Å². The van der Waals surface area contributed by atoms with Gasteiger partial charge in [-0.05, 0) is 60.1 Å². The van der Waals surface area contributed by atoms with Gasteiger partial charge in [0.1, 0.15) is 11.4 Å². The molecule has 0 amide bonds. The number of aromatic nitrogens is 1. The van der Waals surface area contributed by atoms with Crippen LogP contribution in [-0.2, 0) is 20.7 Å². The van der Waals surface area contributed by atoms with Crippen molar-refractivity contribution in [2.75, 3.05) is 5.73 Å². The molecule has 6 nitrogen and oxygen atoms in total. The molecule has 180 valence electrons. The quantitative estimate of drug-likeness (QED) is 0.318. The highest BCUT2D eigenvalue weighted by molar-refractivity contribution is 8.01. The van der Waals surface area contributed by atoms with Gasteiger partial charge in [-0.15, -0.1) is 11.8 Å². The van der Waals surface area contributed by atoms with Crippen LogP contribution in [0.25, 0.3) is 10.2 Å². The number of benzene rings is 2. The second-order valence-electron chi connectivity index (χ2n) is 9.51. The summed E-state index contributed by atoms with van der Waals surface area (Å²) in [7, 11) is 0. The molecule has 0 bridgehead atoms. The average Bonchev–Trinajstić information content (AvgIpc) is 3.14. The van der Waals surface area contributed by atoms with Crippen molar-refractivity contribution < 1.29 is 19.4 Å². The van der Waals surface area contributed by atoms with Crippen molar-refractivity contribution in [2.24, 2.45) is 5.92 Å². The van der Waals surface area contributed by atoms with E-state index in [1.807, 2.05) is 38.1 Å². The number of Topliss-reactive ketones (excluding diaryl/α,β-unsaturated/α-hetero) is 1. The van der Waals surface area contributed by atoms with E-state index in [4.69, 9.17) is 10.5 Å². The van der Waals surface area contributed by atoms with E-state index in [1.165, 1.54) is 23.1 Å². The molecule has 34 heavy (non-hydrogen) atoms. The molecule has 1 aromatic heterocycles. The minimum Gasteiger partial charge on any atom is -0.508 e. The summed E-state index contributed by atoms with van der Waals surface area (Å²) < 4.78 is 7.00. The number of ether oxygens (including phenoxy) is 1. The minimum absolute atomic E-state index is 0.00814. The second-order valence-corrected chi connectivity index (χ2v) is 11.7. The number of nitrogens with two attached hydrogens (primary N) is 1. The number of aromatic hydroxyl groups is 1. The second kappa shape index (κ2) is 9.58. The number of esters is 1. The number of nitrogen functional groups attached to an aromatic ring is 1. The molecular formula is C26H30N2O4S2. The van der Waals surface area contributed by atoms with Crippen molar-refractivity contribution in [3.05, 3.63) is 47.5 Å². The number of phenols is 1. The van der Waals surface area contributed by atoms with E-state index in [1.54, 1.807) is 12.1 Å². The molecule has 0 radical (unpaired) electrons. The van der Waals surface area contributed by atoms with Crippen molar-refractivity contribution in [1.82, 2.24) is 4.98 Å². The van der Waals surface area contributed by atoms with Crippen LogP contribution in [0, 0.1) is 5.92 Å². The van der Waals surface area contributed by atoms with E-state index in [0.29, 0.717) is 18.0 Å². The molecular weight excluding hydrogens is 468 g/mol. The lowest BCUT2D eigenvalue weighted by Gasteiger charge is -2.41. The number of hydrogen-bond acceptors (Lipinski definition) is 8. The molecule has 1 aliphatic rings. The van der Waals surface area contributed by atoms with Crippen LogP contribution in [0.5, 0.6) is 5.75 Å². The summed E-state index contributed by atoms with van der Waals surface area (Å²) >= 11 is 2.67. The maximum absolute atomic E-state index is 13.3. The highest BCUT2D eigenvalue weighted by Crippen LogP contribution is 2.42. The van der Waals surface area contributed by atoms with E-state index >= 15 is 0 Å². The summed E-state index contributed by atoms with van der Waals surface area (Å²) in [5, 5.41) is 9.13. The van der Waals surface area contributed by atoms with Crippen molar-refractivity contribution in [3.63, 3.8) is 0 Å². The van der Waals surface area contributed by atoms with Gasteiger partial charge in [0, 0.05) is 11.3 Å². The largest absolute Gasteiger partial charge is 0.508 e. The fraction of sp³-hybridized carbons (Fsp3) is 0.423. The Morgan fingerprint density at radius 1 is 1.21 bits per heavy atom. The molecule has 4 rings (SSSR count). The standard InChI is InChI=1S/C26H30N2O4S2/c1-14(2)18-11-19-22(34-25(27)28-19)12-21(18)33-23-20(30)13-26(15(3)4,32-24(23)31)10-9-16-5-7-17(29)8-6-16/h5-8,11-12,14-15,23,29H,9-10,13H2,1-4H3,(H2,27,28)/t23?,26-/m0/s1. The molecule has 1 fully saturated rings. The van der Waals surface area contributed by atoms with Crippen molar-refractivity contribution in [2.45, 2.75) is 68.6 Å². The third-order valence-corrected chi connectivity index (χ3v) is 8.66. The predicted octanol–water partition coefficient (Wildman–Crippen LogP) is 5.71. The number of rotatable bonds is 7. The van der Waals surface area contributed by atoms with Crippen LogP contribution < -0.4 is 5.73 Å². The van der Waals surface area contributed by atoms with E-state index in [2.05, 4.69) is 18.8 Å². The summed E-state index contributed by atoms with van der Waals surface area (Å²) in [6, 6.07) is 11.0. The molecule has 1 aliphatic heterocycles. The number of anilines is 1. The molecule has 0 aliphatic carbocycles. The van der Waals surface area contributed by atoms with Gasteiger partial charge in [-0.3, -0.25) is 9.59 Å². The number of carbonyl (C=O) groups is 2. The number of hydrogen-bond donors (Lipinski definition) is 2. The molecule has 1 unspecified atom stereocenters. The smallest absolute Gasteiger partial charge is 0.327 e. The van der Waals surface area contributed by atoms with Crippen LogP contribution in [-0.4, -0.2) is 32.7 Å². The SMILES string of the molecule is CC(C)c1cc2nc(N)sc2cc1SC1C(=O)C[C@@](CCc2ccc(O)cc2)(C(C)C)OC1=O. The summed E-state index contributed by atoms with van der Waals surface area (Å²) in [4.78, 5) is 31.8. The van der Waals surface area contributed by atoms with Gasteiger partial charge in [-0.1, -0.05) is 51.2 Å². The monoisotopic (exact) mass is 498 g/mol. The van der Waals surface area contributed by atoms with Gasteiger partial charge < -0.3 is 15.6 Å². The zero-order valence-corrected chi connectivity index (χ0v) is 21.5. The number of thioether (sulfide) groups is 1. The molecule has 1 saturated heterocycles. The first-order valence-corrected chi connectivity index (χ1v) is 13.2. The van der Waals surface area contributed by atoms with Gasteiger partial charge in [0.15, 0.2) is 16.2 Å². The Morgan fingerprint density at radius 2 is 1.91 bits per heavy atom. The molecule has 3 N–H and O–H groups in total. The van der Waals surface area contributed by atoms with Crippen LogP contribution in [0.15, 0.2) is 41.3 Å². The molecule has 2 aromatic carbocycles. The summed E-state index contributed by atoms with van der Waals surface area (Å²) in [5.41, 5.74) is 7.96. The Hall–Kier alpha value is -2.58. The molecule has 3 aromatic rings. The van der Waals surface area contributed by atoms with Crippen LogP contribution in [0.3, 0.4) is 0 Å². The average molecular weight is 499 g/mol. The normalized spacial score (nSPS) is 20.9. The van der Waals surface area contributed by atoms with Gasteiger partial charge in [0.05, 0.1) is 10.2 Å². The van der Waals surface area contributed by atoms with Crippen LogP contribution >= 0.6 is 23.1 Å². The Balaban J connectivity index is 1.56. The van der Waals surface area contributed by atoms with Crippen LogP contribution in [0.1, 0.15) is 57.6 Å². The Bertz CT molecular complexity index is 1200. The van der Waals surface area contributed by atoms with E-state index in [0.717, 1.165) is 26.2 Å². The highest BCUT2D eigenvalue weighted by Gasteiger charge is 2.49. The zero-order chi connectivity index (χ0) is 24.6. The van der Waals surface area contributed by atoms with Crippen LogP contribution in [0.4, 0.5) is 5.13 Å². The predicted molar refractivity (Wildman–Crippen MR) is 137 cm³/mol. The molecule has 0 spiro atoms. The van der Waals surface area contributed by atoms with Crippen molar-refractivity contribution in [1.29, 1.82) is 0 Å². The van der Waals surface area contributed by atoms with E-state index in [-0.39, 0.29) is 29.8 Å². The van der Waals surface area contributed by atoms with Gasteiger partial charge in [0.25, 0.3) is 0 Å². The lowest BCUT2D eigenvalue weighted by Crippen LogP contribution is -2.52. The van der Waals surface area contributed by atoms with Gasteiger partial charge in [-0.25, -0.2) is 4.98 Å². The van der Waals surface area contributed by atoms with Gasteiger partial charge in [0.2, 0.25) is 0 Å². The maximum Gasteiger partial charge on any atom is 0.327 e. The maximum atomic E-state index is 13.3. The molecule has 8 heteroatoms. The van der Waals surface area contributed by atoms with Crippen LogP contribution in [0.2, 0.25) is 0 Å². The first kappa shape index (κ1) is 24.5. The molecule has 2 heterocycles. The lowest BCUT2D eigenvalue weighted by atomic mass is 9.78. The number of ketones is 1. The third-order valence-electron chi connectivity index (χ3n) is 6.51. The number of nitrogens with zero attached hydrogens (tertiary/aromatic N) is 1. The topological polar surface area (TPSA) is 103 Å². The zero-order valence-electron chi connectivity index (χ0n) is 19.8. The fourth-order valence-electron chi connectivity index (χ4n) is 4.36. The first-order valence-electron chi connectivity index (χ1n) is 11.5. The minimum atomic E-state index is -0.888. The summed E-state index contributed by atoms with van der Waals surface area (Å²) in [6.07, 6.45) is 1.39. The number of phenolic OH excluding ortho intramolecular Hbond substituents is 1. The number of aryl methyl sites for hydroxylation is 1. The van der Waals surface area contributed by atoms with E-state index < -0.39 is 16.8 Å². The highest BCUT2D eigenvalue weighted by atomic mass is 32.2. The van der Waals surface area contributed by atoms with Gasteiger partial charge >= 0.3 is 5.97 Å². The summed E-state index contributed by atoms with van der Waals surface area (Å²) in [6.45, 7) is 8.14. The van der Waals surface area contributed by atoms with Crippen molar-refractivity contribution in [3.8, 4) is 5.75 Å². The number of cyclic esters (lactones) is 1. The lowest BCUT2D eigenvalue weighted by molar-refractivity contribution is -0.176. The fourth-order valence-corrected chi connectivity index (χ4v) is 6.42. The Morgan fingerprint density at radius 3 is 2.53 bits per heavy atom. The Labute approximate surface area is 207 Å². The van der Waals surface area contributed by atoms with E-state index in [9.17, 15) is 14.7 Å². The molecule has 2 atom stereocenters. The van der Waals surface area contributed by atoms with Crippen molar-refractivity contribution >= 4 is 50.2 Å².